The monoisotopic (exact) mass is 396 g/mol. The van der Waals surface area contributed by atoms with Gasteiger partial charge >= 0.3 is 12.1 Å². The van der Waals surface area contributed by atoms with Crippen LogP contribution in [0.3, 0.4) is 0 Å². The van der Waals surface area contributed by atoms with Gasteiger partial charge < -0.3 is 19.7 Å². The van der Waals surface area contributed by atoms with Gasteiger partial charge in [0, 0.05) is 24.8 Å². The standard InChI is InChI=1S/C20H26F2N2O4/c1-19(2,3)28-18(26)24-6-5-20(11-24)9-13(10-20)23-12-7-14(21)16(15(22)8-12)17(25)27-4/h7-8,13,23H,5-6,9-11H2,1-4H3. The van der Waals surface area contributed by atoms with Gasteiger partial charge in [0.2, 0.25) is 0 Å². The molecule has 0 bridgehead atoms. The van der Waals surface area contributed by atoms with E-state index in [0.29, 0.717) is 13.1 Å². The summed E-state index contributed by atoms with van der Waals surface area (Å²) in [7, 11) is 1.07. The molecule has 1 aliphatic carbocycles. The van der Waals surface area contributed by atoms with E-state index in [1.165, 1.54) is 0 Å². The third-order valence-corrected chi connectivity index (χ3v) is 5.25. The van der Waals surface area contributed by atoms with Crippen LogP contribution in [0.5, 0.6) is 0 Å². The van der Waals surface area contributed by atoms with Gasteiger partial charge in [0.1, 0.15) is 22.8 Å². The molecule has 2 fully saturated rings. The molecule has 0 unspecified atom stereocenters. The summed E-state index contributed by atoms with van der Waals surface area (Å²) < 4.78 is 37.9. The number of likely N-dealkylation sites (tertiary alicyclic amines) is 1. The smallest absolute Gasteiger partial charge is 0.410 e. The number of carbonyl (C=O) groups is 2. The average molecular weight is 396 g/mol. The van der Waals surface area contributed by atoms with Crippen molar-refractivity contribution < 1.29 is 27.8 Å². The van der Waals surface area contributed by atoms with E-state index in [1.807, 2.05) is 20.8 Å². The number of anilines is 1. The number of rotatable bonds is 3. The first kappa shape index (κ1) is 20.4. The zero-order valence-electron chi connectivity index (χ0n) is 16.6. The Morgan fingerprint density at radius 1 is 1.21 bits per heavy atom. The maximum atomic E-state index is 14.1. The lowest BCUT2D eigenvalue weighted by Crippen LogP contribution is -2.47. The van der Waals surface area contributed by atoms with Gasteiger partial charge in [-0.1, -0.05) is 0 Å². The Kier molecular flexibility index (Phi) is 5.25. The van der Waals surface area contributed by atoms with Crippen molar-refractivity contribution in [2.45, 2.75) is 51.7 Å². The van der Waals surface area contributed by atoms with Crippen LogP contribution < -0.4 is 5.32 Å². The minimum atomic E-state index is -1.04. The predicted octanol–water partition coefficient (Wildman–Crippen LogP) is 3.95. The van der Waals surface area contributed by atoms with Crippen LogP contribution >= 0.6 is 0 Å². The SMILES string of the molecule is COC(=O)c1c(F)cc(NC2CC3(CCN(C(=O)OC(C)(C)C)C3)C2)cc1F. The Morgan fingerprint density at radius 2 is 1.82 bits per heavy atom. The largest absolute Gasteiger partial charge is 0.465 e. The van der Waals surface area contributed by atoms with E-state index >= 15 is 0 Å². The van der Waals surface area contributed by atoms with Crippen molar-refractivity contribution in [1.82, 2.24) is 4.90 Å². The van der Waals surface area contributed by atoms with Gasteiger partial charge in [-0.15, -0.1) is 0 Å². The topological polar surface area (TPSA) is 67.9 Å². The number of carbonyl (C=O) groups excluding carboxylic acids is 2. The highest BCUT2D eigenvalue weighted by Crippen LogP contribution is 2.49. The van der Waals surface area contributed by atoms with E-state index < -0.39 is 28.8 Å². The van der Waals surface area contributed by atoms with Crippen LogP contribution in [-0.2, 0) is 9.47 Å². The molecule has 1 saturated heterocycles. The first-order valence-corrected chi connectivity index (χ1v) is 9.34. The van der Waals surface area contributed by atoms with Gasteiger partial charge in [0.15, 0.2) is 0 Å². The molecule has 0 radical (unpaired) electrons. The van der Waals surface area contributed by atoms with Crippen LogP contribution in [0.25, 0.3) is 0 Å². The molecule has 1 aromatic carbocycles. The Morgan fingerprint density at radius 3 is 2.36 bits per heavy atom. The van der Waals surface area contributed by atoms with Gasteiger partial charge in [-0.3, -0.25) is 0 Å². The molecule has 3 rings (SSSR count). The van der Waals surface area contributed by atoms with E-state index in [0.717, 1.165) is 38.5 Å². The van der Waals surface area contributed by atoms with Gasteiger partial charge in [0.25, 0.3) is 0 Å². The molecule has 8 heteroatoms. The lowest BCUT2D eigenvalue weighted by molar-refractivity contribution is 0.0237. The lowest BCUT2D eigenvalue weighted by Gasteiger charge is -2.45. The Hall–Kier alpha value is -2.38. The van der Waals surface area contributed by atoms with Gasteiger partial charge in [0.05, 0.1) is 7.11 Å². The van der Waals surface area contributed by atoms with Crippen LogP contribution in [0.2, 0.25) is 0 Å². The number of halogens is 2. The molecule has 2 aliphatic rings. The van der Waals surface area contributed by atoms with Crippen molar-refractivity contribution in [3.05, 3.63) is 29.3 Å². The second-order valence-corrected chi connectivity index (χ2v) is 8.71. The highest BCUT2D eigenvalue weighted by Gasteiger charge is 2.50. The maximum Gasteiger partial charge on any atom is 0.410 e. The maximum absolute atomic E-state index is 14.1. The second-order valence-electron chi connectivity index (χ2n) is 8.71. The van der Waals surface area contributed by atoms with Crippen molar-refractivity contribution in [3.8, 4) is 0 Å². The summed E-state index contributed by atoms with van der Waals surface area (Å²) in [6, 6.07) is 2.26. The normalized spacial score (nSPS) is 24.1. The second kappa shape index (κ2) is 7.22. The number of nitrogens with zero attached hydrogens (tertiary/aromatic N) is 1. The van der Waals surface area contributed by atoms with Crippen LogP contribution in [0.15, 0.2) is 12.1 Å². The summed E-state index contributed by atoms with van der Waals surface area (Å²) in [5, 5.41) is 3.11. The third-order valence-electron chi connectivity index (χ3n) is 5.25. The molecule has 28 heavy (non-hydrogen) atoms. The highest BCUT2D eigenvalue weighted by atomic mass is 19.1. The fraction of sp³-hybridized carbons (Fsp3) is 0.600. The molecule has 1 heterocycles. The first-order chi connectivity index (χ1) is 13.0. The summed E-state index contributed by atoms with van der Waals surface area (Å²) in [5.41, 5.74) is -0.912. The van der Waals surface area contributed by atoms with E-state index in [4.69, 9.17) is 4.74 Å². The van der Waals surface area contributed by atoms with Crippen molar-refractivity contribution in [2.24, 2.45) is 5.41 Å². The lowest BCUT2D eigenvalue weighted by atomic mass is 9.65. The van der Waals surface area contributed by atoms with Crippen LogP contribution in [0, 0.1) is 17.0 Å². The number of esters is 1. The number of ether oxygens (including phenoxy) is 2. The number of benzene rings is 1. The summed E-state index contributed by atoms with van der Waals surface area (Å²) in [6.45, 7) is 6.79. The average Bonchev–Trinajstić information content (AvgIpc) is 2.97. The summed E-state index contributed by atoms with van der Waals surface area (Å²) in [4.78, 5) is 25.4. The van der Waals surface area contributed by atoms with E-state index in [1.54, 1.807) is 4.90 Å². The van der Waals surface area contributed by atoms with Crippen LogP contribution in [-0.4, -0.2) is 48.8 Å². The third kappa shape index (κ3) is 4.20. The number of methoxy groups -OCH3 is 1. The highest BCUT2D eigenvalue weighted by molar-refractivity contribution is 5.90. The quantitative estimate of drug-likeness (QED) is 0.784. The molecule has 1 aromatic rings. The molecular formula is C20H26F2N2O4. The minimum Gasteiger partial charge on any atom is -0.465 e. The van der Waals surface area contributed by atoms with E-state index in [2.05, 4.69) is 10.1 Å². The van der Waals surface area contributed by atoms with Crippen molar-refractivity contribution >= 4 is 17.7 Å². The van der Waals surface area contributed by atoms with Gasteiger partial charge in [-0.2, -0.15) is 0 Å². The predicted molar refractivity (Wildman–Crippen MR) is 99.2 cm³/mol. The molecule has 1 aliphatic heterocycles. The number of hydrogen-bond donors (Lipinski definition) is 1. The molecule has 1 N–H and O–H groups in total. The van der Waals surface area contributed by atoms with Crippen LogP contribution in [0.4, 0.5) is 19.3 Å². The Balaban J connectivity index is 1.56. The first-order valence-electron chi connectivity index (χ1n) is 9.34. The summed E-state index contributed by atoms with van der Waals surface area (Å²) in [6.07, 6.45) is 2.18. The number of amides is 1. The molecule has 1 saturated carbocycles. The van der Waals surface area contributed by atoms with Crippen molar-refractivity contribution in [2.75, 3.05) is 25.5 Å². The Labute approximate surface area is 163 Å². The minimum absolute atomic E-state index is 0.0254. The molecular weight excluding hydrogens is 370 g/mol. The summed E-state index contributed by atoms with van der Waals surface area (Å²) in [5.74, 6) is -2.96. The molecule has 154 valence electrons. The van der Waals surface area contributed by atoms with Crippen molar-refractivity contribution in [3.63, 3.8) is 0 Å². The number of hydrogen-bond acceptors (Lipinski definition) is 5. The zero-order valence-corrected chi connectivity index (χ0v) is 16.6. The van der Waals surface area contributed by atoms with E-state index in [-0.39, 0.29) is 23.2 Å². The zero-order chi connectivity index (χ0) is 20.7. The fourth-order valence-electron chi connectivity index (χ4n) is 4.03. The molecule has 0 atom stereocenters. The molecule has 0 aromatic heterocycles. The molecule has 1 amide bonds. The molecule has 1 spiro atoms. The van der Waals surface area contributed by atoms with Crippen molar-refractivity contribution in [1.29, 1.82) is 0 Å². The van der Waals surface area contributed by atoms with Gasteiger partial charge in [-0.05, 0) is 57.6 Å². The van der Waals surface area contributed by atoms with E-state index in [9.17, 15) is 18.4 Å². The number of nitrogens with one attached hydrogen (secondary N) is 1. The van der Waals surface area contributed by atoms with Crippen LogP contribution in [0.1, 0.15) is 50.4 Å². The molecule has 6 nitrogen and oxygen atoms in total. The Bertz CT molecular complexity index is 762. The fourth-order valence-corrected chi connectivity index (χ4v) is 4.03. The van der Waals surface area contributed by atoms with Gasteiger partial charge in [-0.25, -0.2) is 18.4 Å². The summed E-state index contributed by atoms with van der Waals surface area (Å²) >= 11 is 0.